The number of amides is 1. The maximum Gasteiger partial charge on any atom is 0.416 e. The van der Waals surface area contributed by atoms with Crippen LogP contribution in [0.4, 0.5) is 13.2 Å². The van der Waals surface area contributed by atoms with E-state index >= 15 is 0 Å². The SMILES string of the molecule is CC(NC(=O)c1cc(Cl)cc(C(F)(F)F)c1)c1nc(-c2ccc(Cl)nc2)nn1-c1ncccn1. The third kappa shape index (κ3) is 5.15. The van der Waals surface area contributed by atoms with E-state index in [0.717, 1.165) is 18.2 Å². The number of benzene rings is 1. The first-order valence-electron chi connectivity index (χ1n) is 9.67. The predicted molar refractivity (Wildman–Crippen MR) is 118 cm³/mol. The topological polar surface area (TPSA) is 98.5 Å². The van der Waals surface area contributed by atoms with Crippen LogP contribution in [0.25, 0.3) is 17.3 Å². The van der Waals surface area contributed by atoms with Gasteiger partial charge in [-0.2, -0.15) is 17.9 Å². The number of rotatable bonds is 5. The van der Waals surface area contributed by atoms with E-state index in [1.807, 2.05) is 0 Å². The number of aromatic nitrogens is 6. The highest BCUT2D eigenvalue weighted by Gasteiger charge is 2.32. The molecule has 34 heavy (non-hydrogen) atoms. The van der Waals surface area contributed by atoms with Gasteiger partial charge in [-0.15, -0.1) is 5.10 Å². The van der Waals surface area contributed by atoms with Gasteiger partial charge in [0.1, 0.15) is 5.15 Å². The van der Waals surface area contributed by atoms with Crippen molar-refractivity contribution < 1.29 is 18.0 Å². The lowest BCUT2D eigenvalue weighted by molar-refractivity contribution is -0.137. The van der Waals surface area contributed by atoms with Crippen LogP contribution in [0, 0.1) is 0 Å². The van der Waals surface area contributed by atoms with Crippen molar-refractivity contribution in [3.63, 3.8) is 0 Å². The highest BCUT2D eigenvalue weighted by molar-refractivity contribution is 6.31. The summed E-state index contributed by atoms with van der Waals surface area (Å²) in [6, 6.07) is 6.67. The average molecular weight is 508 g/mol. The van der Waals surface area contributed by atoms with Crippen LogP contribution in [-0.4, -0.2) is 35.6 Å². The molecule has 1 unspecified atom stereocenters. The monoisotopic (exact) mass is 507 g/mol. The van der Waals surface area contributed by atoms with Crippen molar-refractivity contribution in [3.05, 3.63) is 82.1 Å². The van der Waals surface area contributed by atoms with Crippen LogP contribution in [0.15, 0.2) is 55.0 Å². The molecule has 0 saturated carbocycles. The molecule has 0 aliphatic heterocycles. The third-order valence-corrected chi connectivity index (χ3v) is 5.02. The van der Waals surface area contributed by atoms with E-state index in [2.05, 4.69) is 30.4 Å². The Morgan fingerprint density at radius 1 is 1.09 bits per heavy atom. The Labute approximate surface area is 200 Å². The molecule has 4 aromatic rings. The van der Waals surface area contributed by atoms with Crippen LogP contribution in [0.3, 0.4) is 0 Å². The molecule has 0 aliphatic rings. The molecule has 0 aliphatic carbocycles. The summed E-state index contributed by atoms with van der Waals surface area (Å²) < 4.78 is 40.7. The number of alkyl halides is 3. The fraction of sp³-hybridized carbons (Fsp3) is 0.143. The van der Waals surface area contributed by atoms with Gasteiger partial charge in [0, 0.05) is 34.7 Å². The van der Waals surface area contributed by atoms with Crippen molar-refractivity contribution in [3.8, 4) is 17.3 Å². The second-order valence-electron chi connectivity index (χ2n) is 7.05. The Bertz CT molecular complexity index is 1330. The molecule has 0 fully saturated rings. The van der Waals surface area contributed by atoms with Crippen LogP contribution < -0.4 is 5.32 Å². The van der Waals surface area contributed by atoms with Gasteiger partial charge in [0.15, 0.2) is 11.6 Å². The first-order valence-corrected chi connectivity index (χ1v) is 10.4. The van der Waals surface area contributed by atoms with Crippen molar-refractivity contribution in [2.75, 3.05) is 0 Å². The molecule has 3 heterocycles. The summed E-state index contributed by atoms with van der Waals surface area (Å²) in [4.78, 5) is 29.6. The summed E-state index contributed by atoms with van der Waals surface area (Å²) >= 11 is 11.6. The number of hydrogen-bond acceptors (Lipinski definition) is 6. The van der Waals surface area contributed by atoms with E-state index in [9.17, 15) is 18.0 Å². The van der Waals surface area contributed by atoms with Gasteiger partial charge in [0.25, 0.3) is 11.9 Å². The van der Waals surface area contributed by atoms with Gasteiger partial charge in [-0.1, -0.05) is 23.2 Å². The van der Waals surface area contributed by atoms with E-state index in [4.69, 9.17) is 23.2 Å². The van der Waals surface area contributed by atoms with Gasteiger partial charge in [0.2, 0.25) is 0 Å². The third-order valence-electron chi connectivity index (χ3n) is 4.58. The second kappa shape index (κ2) is 9.35. The largest absolute Gasteiger partial charge is 0.416 e. The summed E-state index contributed by atoms with van der Waals surface area (Å²) in [6.45, 7) is 1.60. The normalized spacial score (nSPS) is 12.4. The number of nitrogens with zero attached hydrogens (tertiary/aromatic N) is 6. The molecule has 1 N–H and O–H groups in total. The van der Waals surface area contributed by atoms with Gasteiger partial charge in [0.05, 0.1) is 11.6 Å². The number of pyridine rings is 1. The van der Waals surface area contributed by atoms with Gasteiger partial charge < -0.3 is 5.32 Å². The summed E-state index contributed by atoms with van der Waals surface area (Å²) in [5.74, 6) is -0.0995. The van der Waals surface area contributed by atoms with E-state index in [1.54, 1.807) is 25.1 Å². The molecule has 1 atom stereocenters. The first kappa shape index (κ1) is 23.6. The molecule has 8 nitrogen and oxygen atoms in total. The van der Waals surface area contributed by atoms with E-state index < -0.39 is 23.7 Å². The first-order chi connectivity index (χ1) is 16.1. The lowest BCUT2D eigenvalue weighted by Crippen LogP contribution is -2.29. The Kier molecular flexibility index (Phi) is 6.49. The summed E-state index contributed by atoms with van der Waals surface area (Å²) in [6.07, 6.45) is -0.167. The minimum absolute atomic E-state index is 0.182. The number of halogens is 5. The van der Waals surface area contributed by atoms with Gasteiger partial charge in [-0.25, -0.2) is 19.9 Å². The van der Waals surface area contributed by atoms with E-state index in [1.165, 1.54) is 23.3 Å². The quantitative estimate of drug-likeness (QED) is 0.384. The molecular formula is C21H14Cl2F3N7O. The van der Waals surface area contributed by atoms with Crippen molar-refractivity contribution in [1.29, 1.82) is 0 Å². The zero-order chi connectivity index (χ0) is 24.5. The maximum absolute atomic E-state index is 13.1. The number of carbonyl (C=O) groups excluding carboxylic acids is 1. The zero-order valence-corrected chi connectivity index (χ0v) is 18.8. The average Bonchev–Trinajstić information content (AvgIpc) is 3.25. The fourth-order valence-corrected chi connectivity index (χ4v) is 3.36. The van der Waals surface area contributed by atoms with Crippen molar-refractivity contribution in [2.45, 2.75) is 19.1 Å². The zero-order valence-electron chi connectivity index (χ0n) is 17.3. The lowest BCUT2D eigenvalue weighted by atomic mass is 10.1. The fourth-order valence-electron chi connectivity index (χ4n) is 3.01. The molecule has 0 spiro atoms. The summed E-state index contributed by atoms with van der Waals surface area (Å²) in [5.41, 5.74) is -0.740. The standard InChI is InChI=1S/C21H14Cl2F3N7O/c1-11(30-19(34)13-7-14(21(24,25)26)9-15(22)8-13)18-31-17(12-3-4-16(23)29-10-12)32-33(18)20-27-5-2-6-28-20/h2-11H,1H3,(H,30,34). The van der Waals surface area contributed by atoms with Crippen LogP contribution >= 0.6 is 23.2 Å². The number of hydrogen-bond donors (Lipinski definition) is 1. The molecule has 1 aromatic carbocycles. The van der Waals surface area contributed by atoms with Crippen molar-refractivity contribution in [2.24, 2.45) is 0 Å². The molecule has 0 bridgehead atoms. The van der Waals surface area contributed by atoms with Crippen molar-refractivity contribution in [1.82, 2.24) is 35.0 Å². The molecule has 0 saturated heterocycles. The Hall–Kier alpha value is -3.57. The minimum Gasteiger partial charge on any atom is -0.342 e. The van der Waals surface area contributed by atoms with Gasteiger partial charge in [-0.3, -0.25) is 4.79 Å². The Balaban J connectivity index is 1.69. The molecule has 4 rings (SSSR count). The van der Waals surface area contributed by atoms with E-state index in [0.29, 0.717) is 5.56 Å². The summed E-state index contributed by atoms with van der Waals surface area (Å²) in [5, 5.41) is 7.11. The van der Waals surface area contributed by atoms with Crippen molar-refractivity contribution >= 4 is 29.1 Å². The second-order valence-corrected chi connectivity index (χ2v) is 7.87. The number of nitrogens with one attached hydrogen (secondary N) is 1. The molecule has 1 amide bonds. The lowest BCUT2D eigenvalue weighted by Gasteiger charge is -2.15. The van der Waals surface area contributed by atoms with E-state index in [-0.39, 0.29) is 33.3 Å². The smallest absolute Gasteiger partial charge is 0.342 e. The van der Waals surface area contributed by atoms with Crippen LogP contribution in [0.5, 0.6) is 0 Å². The van der Waals surface area contributed by atoms with Crippen LogP contribution in [-0.2, 0) is 6.18 Å². The molecular weight excluding hydrogens is 494 g/mol. The van der Waals surface area contributed by atoms with Gasteiger partial charge in [-0.05, 0) is 43.3 Å². The molecule has 0 radical (unpaired) electrons. The Morgan fingerprint density at radius 3 is 2.47 bits per heavy atom. The maximum atomic E-state index is 13.1. The highest BCUT2D eigenvalue weighted by Crippen LogP contribution is 2.32. The minimum atomic E-state index is -4.65. The highest BCUT2D eigenvalue weighted by atomic mass is 35.5. The predicted octanol–water partition coefficient (Wildman–Crippen LogP) is 4.94. The Morgan fingerprint density at radius 2 is 1.82 bits per heavy atom. The molecule has 174 valence electrons. The number of carbonyl (C=O) groups is 1. The van der Waals surface area contributed by atoms with Gasteiger partial charge >= 0.3 is 6.18 Å². The molecule has 13 heteroatoms. The van der Waals surface area contributed by atoms with Crippen LogP contribution in [0.1, 0.15) is 34.7 Å². The molecule has 3 aromatic heterocycles. The summed E-state index contributed by atoms with van der Waals surface area (Å²) in [7, 11) is 0. The van der Waals surface area contributed by atoms with Crippen LogP contribution in [0.2, 0.25) is 10.2 Å².